The summed E-state index contributed by atoms with van der Waals surface area (Å²) in [5.41, 5.74) is 5.49. The van der Waals surface area contributed by atoms with E-state index in [4.69, 9.17) is 0 Å². The summed E-state index contributed by atoms with van der Waals surface area (Å²) < 4.78 is 0. The van der Waals surface area contributed by atoms with E-state index in [1.807, 2.05) is 48.5 Å². The van der Waals surface area contributed by atoms with E-state index in [0.29, 0.717) is 71.8 Å². The van der Waals surface area contributed by atoms with Crippen LogP contribution in [0.5, 0.6) is 0 Å². The Morgan fingerprint density at radius 1 is 0.327 bits per heavy atom. The molecule has 0 saturated heterocycles. The second-order valence-corrected chi connectivity index (χ2v) is 13.8. The van der Waals surface area contributed by atoms with Gasteiger partial charge in [-0.15, -0.1) is 37.2 Å². The zero-order valence-electron chi connectivity index (χ0n) is 28.2. The third-order valence-corrected chi connectivity index (χ3v) is 11.4. The van der Waals surface area contributed by atoms with Crippen molar-refractivity contribution in [3.8, 4) is 0 Å². The largest absolute Gasteiger partial charge is 0.354 e. The minimum Gasteiger partial charge on any atom is -0.354 e. The number of carbonyl (C=O) groups excluding carboxylic acids is 4. The van der Waals surface area contributed by atoms with E-state index in [1.54, 1.807) is 60.7 Å². The Labute approximate surface area is 327 Å². The number of ketones is 4. The standard InChI is InChI=1S/C45H20N2O5.3ClH/c48-41-23-5-1-3-7-25(23)44(51)37-28(41)13-10-21-19-9-12-27-35-20(15-16-33(36(19)35)46-39(21)37)30-17-31-22-11-14-29-38(40(22)47-34(31)18-32(30)43(27)50)45(52)26-8-4-2-6-24(26)42(29)49;;;/h1-18,46-47H;3*1H. The summed E-state index contributed by atoms with van der Waals surface area (Å²) in [4.78, 5) is 76.0. The number of rotatable bonds is 0. The molecule has 0 radical (unpaired) electrons. The number of nitrogens with one attached hydrogen (secondary N) is 2. The van der Waals surface area contributed by atoms with Crippen LogP contribution in [0.1, 0.15) is 63.7 Å². The van der Waals surface area contributed by atoms with Gasteiger partial charge in [-0.3, -0.25) is 24.0 Å². The number of fused-ring (bicyclic) bond motifs is 13. The Morgan fingerprint density at radius 3 is 1.36 bits per heavy atom. The fraction of sp³-hybridized carbons (Fsp3) is 0. The summed E-state index contributed by atoms with van der Waals surface area (Å²) in [6, 6.07) is 32.6. The van der Waals surface area contributed by atoms with Gasteiger partial charge in [0.05, 0.1) is 22.2 Å². The molecule has 2 aliphatic carbocycles. The molecule has 55 heavy (non-hydrogen) atoms. The summed E-state index contributed by atoms with van der Waals surface area (Å²) in [5.74, 6) is -0.781. The molecular weight excluding hydrogens is 755 g/mol. The van der Waals surface area contributed by atoms with Gasteiger partial charge >= 0.3 is 0 Å². The Bertz CT molecular complexity index is 3530. The molecule has 0 spiro atoms. The lowest BCUT2D eigenvalue weighted by atomic mass is 9.82. The zero-order chi connectivity index (χ0) is 34.7. The van der Waals surface area contributed by atoms with Crippen LogP contribution in [0.2, 0.25) is 0 Å². The molecule has 10 aromatic rings. The molecule has 0 bridgehead atoms. The van der Waals surface area contributed by atoms with Gasteiger partial charge < -0.3 is 9.97 Å². The highest BCUT2D eigenvalue weighted by Crippen LogP contribution is 2.43. The van der Waals surface area contributed by atoms with Crippen molar-refractivity contribution in [1.29, 1.82) is 0 Å². The summed E-state index contributed by atoms with van der Waals surface area (Å²) in [7, 11) is 0. The number of pyridine rings is 1. The number of carbonyl (C=O) groups is 4. The SMILES string of the molecule is Cl.Cl.Cl.O=C1c2ccccc2C(=O)c2c1ccc1c2[nH]c2cc3c(=O)c4ccc5c6ccc7c(c6[nH]c6ccc(c3cc21)c4c65)C(=O)c1ccccc1C7=O. The molecule has 2 N–H and O–H groups in total. The van der Waals surface area contributed by atoms with E-state index < -0.39 is 0 Å². The van der Waals surface area contributed by atoms with Crippen LogP contribution in [-0.2, 0) is 0 Å². The molecule has 0 amide bonds. The average Bonchev–Trinajstić information content (AvgIpc) is 3.55. The first-order valence-corrected chi connectivity index (χ1v) is 17.0. The smallest absolute Gasteiger partial charge is 0.196 e. The lowest BCUT2D eigenvalue weighted by molar-refractivity contribution is 0.0980. The Balaban J connectivity index is 0.00000132. The number of benzene rings is 8. The van der Waals surface area contributed by atoms with Crippen molar-refractivity contribution in [1.82, 2.24) is 9.97 Å². The number of halogens is 3. The van der Waals surface area contributed by atoms with Crippen LogP contribution < -0.4 is 5.43 Å². The van der Waals surface area contributed by atoms with Crippen molar-refractivity contribution >= 4 is 136 Å². The Kier molecular flexibility index (Phi) is 7.23. The van der Waals surface area contributed by atoms with E-state index in [-0.39, 0.29) is 65.8 Å². The first kappa shape index (κ1) is 34.4. The number of hydrogen-bond donors (Lipinski definition) is 2. The van der Waals surface area contributed by atoms with Gasteiger partial charge in [-0.25, -0.2) is 0 Å². The van der Waals surface area contributed by atoms with Crippen molar-refractivity contribution < 1.29 is 19.2 Å². The van der Waals surface area contributed by atoms with E-state index in [0.717, 1.165) is 48.6 Å². The average molecular weight is 778 g/mol. The zero-order valence-corrected chi connectivity index (χ0v) is 30.6. The lowest BCUT2D eigenvalue weighted by Crippen LogP contribution is -2.21. The summed E-state index contributed by atoms with van der Waals surface area (Å²) in [5, 5.41) is 7.73. The van der Waals surface area contributed by atoms with Gasteiger partial charge in [-0.1, -0.05) is 72.8 Å². The van der Waals surface area contributed by atoms with Gasteiger partial charge in [-0.05, 0) is 52.6 Å². The third-order valence-electron chi connectivity index (χ3n) is 11.4. The van der Waals surface area contributed by atoms with Gasteiger partial charge in [0.1, 0.15) is 0 Å². The fourth-order valence-electron chi connectivity index (χ4n) is 9.07. The lowest BCUT2D eigenvalue weighted by Gasteiger charge is -2.21. The maximum atomic E-state index is 14.4. The van der Waals surface area contributed by atoms with Gasteiger partial charge in [0.15, 0.2) is 28.6 Å². The molecular formula is C45H23Cl3N2O5. The highest BCUT2D eigenvalue weighted by molar-refractivity contribution is 6.37. The van der Waals surface area contributed by atoms with Gasteiger partial charge in [-0.2, -0.15) is 0 Å². The maximum absolute atomic E-state index is 14.4. The van der Waals surface area contributed by atoms with Crippen molar-refractivity contribution in [2.24, 2.45) is 0 Å². The van der Waals surface area contributed by atoms with Crippen LogP contribution in [0.15, 0.2) is 114 Å². The normalized spacial score (nSPS) is 13.2. The molecule has 12 rings (SSSR count). The van der Waals surface area contributed by atoms with Crippen molar-refractivity contribution in [2.45, 2.75) is 0 Å². The predicted octanol–water partition coefficient (Wildman–Crippen LogP) is 10.0. The van der Waals surface area contributed by atoms with E-state index >= 15 is 0 Å². The fourth-order valence-corrected chi connectivity index (χ4v) is 9.07. The number of hydrogen-bond acceptors (Lipinski definition) is 5. The van der Waals surface area contributed by atoms with E-state index in [1.165, 1.54) is 0 Å². The van der Waals surface area contributed by atoms with Crippen LogP contribution in [0.3, 0.4) is 0 Å². The molecule has 2 heterocycles. The van der Waals surface area contributed by atoms with Crippen LogP contribution in [0, 0.1) is 0 Å². The highest BCUT2D eigenvalue weighted by Gasteiger charge is 2.33. The summed E-state index contributed by atoms with van der Waals surface area (Å²) >= 11 is 0. The molecule has 0 fully saturated rings. The van der Waals surface area contributed by atoms with Crippen molar-refractivity contribution in [2.75, 3.05) is 0 Å². The molecule has 7 nitrogen and oxygen atoms in total. The second-order valence-electron chi connectivity index (χ2n) is 13.8. The van der Waals surface area contributed by atoms with E-state index in [9.17, 15) is 24.0 Å². The van der Waals surface area contributed by atoms with Crippen molar-refractivity contribution in [3.05, 3.63) is 164 Å². The van der Waals surface area contributed by atoms with Gasteiger partial charge in [0.2, 0.25) is 0 Å². The van der Waals surface area contributed by atoms with Crippen molar-refractivity contribution in [3.63, 3.8) is 0 Å². The number of H-pyrrole nitrogens is 2. The topological polar surface area (TPSA) is 117 Å². The quantitative estimate of drug-likeness (QED) is 0.117. The number of aromatic amines is 2. The Hall–Kier alpha value is -6.38. The van der Waals surface area contributed by atoms with E-state index in [2.05, 4.69) is 9.97 Å². The summed E-state index contributed by atoms with van der Waals surface area (Å²) in [6.07, 6.45) is 0. The minimum atomic E-state index is -0.209. The molecule has 0 unspecified atom stereocenters. The third kappa shape index (κ3) is 4.09. The molecule has 2 aromatic heterocycles. The van der Waals surface area contributed by atoms with Crippen LogP contribution >= 0.6 is 37.2 Å². The molecule has 0 aliphatic heterocycles. The highest BCUT2D eigenvalue weighted by atomic mass is 35.5. The maximum Gasteiger partial charge on any atom is 0.196 e. The predicted molar refractivity (Wildman–Crippen MR) is 223 cm³/mol. The number of aromatic nitrogens is 2. The molecule has 0 atom stereocenters. The van der Waals surface area contributed by atoms with Crippen LogP contribution in [0.4, 0.5) is 0 Å². The molecule has 10 heteroatoms. The molecule has 0 saturated carbocycles. The van der Waals surface area contributed by atoms with Gasteiger partial charge in [0, 0.05) is 82.1 Å². The molecule has 8 aromatic carbocycles. The first-order chi connectivity index (χ1) is 25.4. The van der Waals surface area contributed by atoms with Crippen LogP contribution in [0.25, 0.3) is 75.9 Å². The van der Waals surface area contributed by atoms with Gasteiger partial charge in [0.25, 0.3) is 0 Å². The Morgan fingerprint density at radius 2 is 0.782 bits per heavy atom. The molecule has 2 aliphatic rings. The van der Waals surface area contributed by atoms with Crippen LogP contribution in [-0.4, -0.2) is 33.1 Å². The first-order valence-electron chi connectivity index (χ1n) is 17.0. The molecule has 264 valence electrons. The minimum absolute atomic E-state index is 0. The second kappa shape index (κ2) is 11.6. The summed E-state index contributed by atoms with van der Waals surface area (Å²) in [6.45, 7) is 0. The monoisotopic (exact) mass is 776 g/mol.